The summed E-state index contributed by atoms with van der Waals surface area (Å²) in [5, 5.41) is 3.49. The molecule has 0 aliphatic heterocycles. The number of ether oxygens (including phenoxy) is 1. The van der Waals surface area contributed by atoms with Crippen LogP contribution in [0.3, 0.4) is 0 Å². The van der Waals surface area contributed by atoms with Crippen molar-refractivity contribution in [2.45, 2.75) is 38.5 Å². The van der Waals surface area contributed by atoms with Gasteiger partial charge in [0.1, 0.15) is 11.9 Å². The van der Waals surface area contributed by atoms with E-state index in [-0.39, 0.29) is 6.10 Å². The van der Waals surface area contributed by atoms with Crippen LogP contribution in [0.1, 0.15) is 25.3 Å². The van der Waals surface area contributed by atoms with Gasteiger partial charge in [0.05, 0.1) is 4.47 Å². The number of hydrogen-bond acceptors (Lipinski definition) is 2. The molecule has 0 spiro atoms. The molecule has 0 saturated heterocycles. The average Bonchev–Trinajstić information content (AvgIpc) is 3.13. The maximum Gasteiger partial charge on any atom is 0.134 e. The van der Waals surface area contributed by atoms with Gasteiger partial charge in [-0.3, -0.25) is 0 Å². The van der Waals surface area contributed by atoms with E-state index in [9.17, 15) is 0 Å². The first-order valence-electron chi connectivity index (χ1n) is 6.00. The first-order valence-corrected chi connectivity index (χ1v) is 6.79. The maximum absolute atomic E-state index is 5.70. The fraction of sp³-hybridized carbons (Fsp3) is 0.429. The van der Waals surface area contributed by atoms with Gasteiger partial charge in [0.15, 0.2) is 0 Å². The summed E-state index contributed by atoms with van der Waals surface area (Å²) in [6.07, 6.45) is 4.45. The van der Waals surface area contributed by atoms with E-state index in [0.717, 1.165) is 22.8 Å². The van der Waals surface area contributed by atoms with Crippen LogP contribution in [0, 0.1) is 0 Å². The molecule has 3 heteroatoms. The number of benzene rings is 1. The van der Waals surface area contributed by atoms with Crippen LogP contribution in [0.5, 0.6) is 5.75 Å². The molecule has 1 aromatic rings. The summed E-state index contributed by atoms with van der Waals surface area (Å²) in [5.74, 6) is 0.868. The molecule has 2 nitrogen and oxygen atoms in total. The monoisotopic (exact) mass is 295 g/mol. The predicted molar refractivity (Wildman–Crippen MR) is 74.3 cm³/mol. The Bertz CT molecular complexity index is 401. The standard InChI is InChI=1S/C14H18BrNO/c1-3-10(2)17-14-7-4-11(8-13(14)15)9-16-12-5-6-12/h3-4,7-8,10,12,16H,1,5-6,9H2,2H3. The van der Waals surface area contributed by atoms with Crippen molar-refractivity contribution < 1.29 is 4.74 Å². The van der Waals surface area contributed by atoms with Gasteiger partial charge in [-0.1, -0.05) is 18.7 Å². The Morgan fingerprint density at radius 3 is 2.94 bits per heavy atom. The van der Waals surface area contributed by atoms with Crippen molar-refractivity contribution in [3.05, 3.63) is 40.9 Å². The number of rotatable bonds is 6. The van der Waals surface area contributed by atoms with Crippen molar-refractivity contribution in [2.24, 2.45) is 0 Å². The fourth-order valence-electron chi connectivity index (χ4n) is 1.55. The summed E-state index contributed by atoms with van der Waals surface area (Å²) >= 11 is 3.54. The first-order chi connectivity index (χ1) is 8.19. The van der Waals surface area contributed by atoms with E-state index >= 15 is 0 Å². The van der Waals surface area contributed by atoms with Crippen LogP contribution in [0.2, 0.25) is 0 Å². The molecule has 1 aromatic carbocycles. The van der Waals surface area contributed by atoms with E-state index in [1.165, 1.54) is 18.4 Å². The van der Waals surface area contributed by atoms with Crippen LogP contribution in [-0.2, 0) is 6.54 Å². The molecule has 1 N–H and O–H groups in total. The second-order valence-electron chi connectivity index (χ2n) is 4.48. The highest BCUT2D eigenvalue weighted by Crippen LogP contribution is 2.27. The van der Waals surface area contributed by atoms with Crippen molar-refractivity contribution >= 4 is 15.9 Å². The van der Waals surface area contributed by atoms with Crippen molar-refractivity contribution in [2.75, 3.05) is 0 Å². The zero-order chi connectivity index (χ0) is 12.3. The van der Waals surface area contributed by atoms with Crippen LogP contribution < -0.4 is 10.1 Å². The van der Waals surface area contributed by atoms with Crippen molar-refractivity contribution in [1.82, 2.24) is 5.32 Å². The van der Waals surface area contributed by atoms with Gasteiger partial charge in [-0.05, 0) is 53.4 Å². The molecule has 92 valence electrons. The van der Waals surface area contributed by atoms with Gasteiger partial charge in [0, 0.05) is 12.6 Å². The average molecular weight is 296 g/mol. The quantitative estimate of drug-likeness (QED) is 0.809. The molecule has 1 aliphatic carbocycles. The zero-order valence-electron chi connectivity index (χ0n) is 10.1. The van der Waals surface area contributed by atoms with Crippen molar-refractivity contribution in [3.63, 3.8) is 0 Å². The van der Waals surface area contributed by atoms with Gasteiger partial charge in [0.2, 0.25) is 0 Å². The van der Waals surface area contributed by atoms with Gasteiger partial charge < -0.3 is 10.1 Å². The van der Waals surface area contributed by atoms with Crippen LogP contribution in [0.4, 0.5) is 0 Å². The Kier molecular flexibility index (Phi) is 4.24. The number of nitrogens with one attached hydrogen (secondary N) is 1. The predicted octanol–water partition coefficient (Wildman–Crippen LogP) is 3.65. The zero-order valence-corrected chi connectivity index (χ0v) is 11.7. The summed E-state index contributed by atoms with van der Waals surface area (Å²) in [7, 11) is 0. The van der Waals surface area contributed by atoms with Crippen LogP contribution in [0.25, 0.3) is 0 Å². The van der Waals surface area contributed by atoms with E-state index < -0.39 is 0 Å². The van der Waals surface area contributed by atoms with Crippen LogP contribution in [0.15, 0.2) is 35.3 Å². The fourth-order valence-corrected chi connectivity index (χ4v) is 2.07. The third-order valence-electron chi connectivity index (χ3n) is 2.81. The summed E-state index contributed by atoms with van der Waals surface area (Å²) in [6.45, 7) is 6.61. The van der Waals surface area contributed by atoms with Gasteiger partial charge in [-0.2, -0.15) is 0 Å². The van der Waals surface area contributed by atoms with E-state index in [1.54, 1.807) is 6.08 Å². The molecule has 1 saturated carbocycles. The third kappa shape index (κ3) is 3.86. The highest BCUT2D eigenvalue weighted by molar-refractivity contribution is 9.10. The second kappa shape index (κ2) is 5.69. The largest absolute Gasteiger partial charge is 0.485 e. The van der Waals surface area contributed by atoms with Gasteiger partial charge in [0.25, 0.3) is 0 Å². The normalized spacial score (nSPS) is 16.6. The second-order valence-corrected chi connectivity index (χ2v) is 5.33. The van der Waals surface area contributed by atoms with Gasteiger partial charge in [-0.15, -0.1) is 0 Å². The highest BCUT2D eigenvalue weighted by Gasteiger charge is 2.20. The topological polar surface area (TPSA) is 21.3 Å². The Balaban J connectivity index is 1.96. The SMILES string of the molecule is C=CC(C)Oc1ccc(CNC2CC2)cc1Br. The molecule has 0 aromatic heterocycles. The summed E-state index contributed by atoms with van der Waals surface area (Å²) in [4.78, 5) is 0. The van der Waals surface area contributed by atoms with Crippen LogP contribution in [-0.4, -0.2) is 12.1 Å². The van der Waals surface area contributed by atoms with E-state index in [4.69, 9.17) is 4.74 Å². The summed E-state index contributed by atoms with van der Waals surface area (Å²) < 4.78 is 6.70. The highest BCUT2D eigenvalue weighted by atomic mass is 79.9. The molecule has 2 rings (SSSR count). The molecular formula is C14H18BrNO. The lowest BCUT2D eigenvalue weighted by atomic mass is 10.2. The molecule has 0 heterocycles. The van der Waals surface area contributed by atoms with Crippen LogP contribution >= 0.6 is 15.9 Å². The lowest BCUT2D eigenvalue weighted by Gasteiger charge is -2.13. The third-order valence-corrected chi connectivity index (χ3v) is 3.43. The molecule has 1 aliphatic rings. The van der Waals surface area contributed by atoms with Gasteiger partial charge >= 0.3 is 0 Å². The summed E-state index contributed by atoms with van der Waals surface area (Å²) in [5.41, 5.74) is 1.28. The smallest absolute Gasteiger partial charge is 0.134 e. The number of halogens is 1. The maximum atomic E-state index is 5.70. The molecule has 1 atom stereocenters. The summed E-state index contributed by atoms with van der Waals surface area (Å²) in [6, 6.07) is 6.96. The Morgan fingerprint density at radius 2 is 2.35 bits per heavy atom. The van der Waals surface area contributed by atoms with E-state index in [2.05, 4.69) is 40.0 Å². The minimum absolute atomic E-state index is 0.0294. The molecule has 17 heavy (non-hydrogen) atoms. The van der Waals surface area contributed by atoms with Gasteiger partial charge in [-0.25, -0.2) is 0 Å². The Hall–Kier alpha value is -0.800. The van der Waals surface area contributed by atoms with E-state index in [1.807, 2.05) is 13.0 Å². The first kappa shape index (κ1) is 12.7. The molecule has 0 bridgehead atoms. The van der Waals surface area contributed by atoms with E-state index in [0.29, 0.717) is 0 Å². The Morgan fingerprint density at radius 1 is 1.59 bits per heavy atom. The molecular weight excluding hydrogens is 278 g/mol. The molecule has 1 unspecified atom stereocenters. The molecule has 0 radical (unpaired) electrons. The lowest BCUT2D eigenvalue weighted by molar-refractivity contribution is 0.268. The number of hydrogen-bond donors (Lipinski definition) is 1. The molecule has 1 fully saturated rings. The lowest BCUT2D eigenvalue weighted by Crippen LogP contribution is -2.15. The molecule has 0 amide bonds. The van der Waals surface area contributed by atoms with Crippen molar-refractivity contribution in [3.8, 4) is 5.75 Å². The minimum atomic E-state index is 0.0294. The Labute approximate surface area is 111 Å². The van der Waals surface area contributed by atoms with Crippen molar-refractivity contribution in [1.29, 1.82) is 0 Å². The minimum Gasteiger partial charge on any atom is -0.485 e.